The molecule has 0 aliphatic heterocycles. The third-order valence-corrected chi connectivity index (χ3v) is 2.85. The van der Waals surface area contributed by atoms with E-state index in [0.717, 1.165) is 19.5 Å². The van der Waals surface area contributed by atoms with Gasteiger partial charge in [-0.3, -0.25) is 0 Å². The Bertz CT molecular complexity index is 301. The number of ether oxygens (including phenoxy) is 2. The van der Waals surface area contributed by atoms with Crippen molar-refractivity contribution in [1.82, 2.24) is 5.32 Å². The fourth-order valence-electron chi connectivity index (χ4n) is 1.30. The molecule has 0 amide bonds. The van der Waals surface area contributed by atoms with Crippen LogP contribution >= 0.6 is 11.3 Å². The van der Waals surface area contributed by atoms with Crippen molar-refractivity contribution in [2.45, 2.75) is 13.3 Å². The number of esters is 1. The molecule has 0 saturated carbocycles. The van der Waals surface area contributed by atoms with E-state index < -0.39 is 0 Å². The highest BCUT2D eigenvalue weighted by molar-refractivity contribution is 7.07. The Hall–Kier alpha value is -0.910. The minimum atomic E-state index is -0.300. The molecule has 1 aromatic heterocycles. The molecule has 96 valence electrons. The summed E-state index contributed by atoms with van der Waals surface area (Å²) in [6.07, 6.45) is 1.03. The van der Waals surface area contributed by atoms with Crippen LogP contribution in [0.4, 0.5) is 0 Å². The van der Waals surface area contributed by atoms with E-state index in [2.05, 4.69) is 22.1 Å². The van der Waals surface area contributed by atoms with Crippen LogP contribution in [-0.2, 0) is 20.7 Å². The molecule has 0 spiro atoms. The van der Waals surface area contributed by atoms with E-state index in [1.54, 1.807) is 18.3 Å². The molecule has 0 bridgehead atoms. The lowest BCUT2D eigenvalue weighted by Crippen LogP contribution is -2.23. The van der Waals surface area contributed by atoms with Crippen LogP contribution in [0.2, 0.25) is 0 Å². The van der Waals surface area contributed by atoms with Gasteiger partial charge in [0.05, 0.1) is 13.2 Å². The summed E-state index contributed by atoms with van der Waals surface area (Å²) in [6, 6.07) is 2.13. The summed E-state index contributed by atoms with van der Waals surface area (Å²) in [5.41, 5.74) is 1.36. The predicted octanol–water partition coefficient (Wildman–Crippen LogP) is 1.46. The van der Waals surface area contributed by atoms with Crippen LogP contribution in [0.5, 0.6) is 0 Å². The van der Waals surface area contributed by atoms with Gasteiger partial charge in [0.2, 0.25) is 0 Å². The number of hydrogen-bond acceptors (Lipinski definition) is 5. The first kappa shape index (κ1) is 14.2. The number of hydrogen-bond donors (Lipinski definition) is 1. The normalized spacial score (nSPS) is 10.4. The molecule has 0 atom stereocenters. The molecule has 0 aromatic carbocycles. The Balaban J connectivity index is 1.86. The van der Waals surface area contributed by atoms with Crippen molar-refractivity contribution in [3.05, 3.63) is 22.4 Å². The van der Waals surface area contributed by atoms with Gasteiger partial charge >= 0.3 is 5.97 Å². The Morgan fingerprint density at radius 3 is 3.06 bits per heavy atom. The lowest BCUT2D eigenvalue weighted by atomic mass is 10.2. The Morgan fingerprint density at radius 1 is 1.47 bits per heavy atom. The average Bonchev–Trinajstić information content (AvgIpc) is 2.81. The summed E-state index contributed by atoms with van der Waals surface area (Å²) in [7, 11) is 0. The van der Waals surface area contributed by atoms with Gasteiger partial charge in [-0.15, -0.1) is 0 Å². The highest BCUT2D eigenvalue weighted by atomic mass is 32.1. The Labute approximate surface area is 106 Å². The molecule has 1 heterocycles. The van der Waals surface area contributed by atoms with E-state index in [9.17, 15) is 4.79 Å². The van der Waals surface area contributed by atoms with Crippen molar-refractivity contribution in [2.75, 3.05) is 32.9 Å². The summed E-state index contributed by atoms with van der Waals surface area (Å²) in [4.78, 5) is 10.9. The standard InChI is InChI=1S/C12H19NO3S/c1-2-16-12(14)9-15-7-6-13-5-3-11-4-8-17-10-11/h4,8,10,13H,2-3,5-7,9H2,1H3. The van der Waals surface area contributed by atoms with E-state index in [1.807, 2.05) is 0 Å². The molecule has 0 radical (unpaired) electrons. The van der Waals surface area contributed by atoms with Crippen molar-refractivity contribution >= 4 is 17.3 Å². The van der Waals surface area contributed by atoms with E-state index in [-0.39, 0.29) is 12.6 Å². The fourth-order valence-corrected chi connectivity index (χ4v) is 2.00. The molecule has 5 heteroatoms. The Morgan fingerprint density at radius 2 is 2.35 bits per heavy atom. The van der Waals surface area contributed by atoms with Crippen molar-refractivity contribution in [3.63, 3.8) is 0 Å². The van der Waals surface area contributed by atoms with Gasteiger partial charge in [-0.05, 0) is 42.3 Å². The van der Waals surface area contributed by atoms with E-state index >= 15 is 0 Å². The third-order valence-electron chi connectivity index (χ3n) is 2.12. The van der Waals surface area contributed by atoms with Crippen LogP contribution in [0.1, 0.15) is 12.5 Å². The van der Waals surface area contributed by atoms with Gasteiger partial charge in [-0.25, -0.2) is 4.79 Å². The third kappa shape index (κ3) is 7.10. The molecule has 0 saturated heterocycles. The summed E-state index contributed by atoms with van der Waals surface area (Å²) >= 11 is 1.72. The lowest BCUT2D eigenvalue weighted by molar-refractivity contribution is -0.148. The van der Waals surface area contributed by atoms with Crippen LogP contribution in [-0.4, -0.2) is 38.9 Å². The van der Waals surface area contributed by atoms with Gasteiger partial charge in [0.25, 0.3) is 0 Å². The molecular formula is C12H19NO3S. The maximum Gasteiger partial charge on any atom is 0.332 e. The quantitative estimate of drug-likeness (QED) is 0.537. The number of carbonyl (C=O) groups excluding carboxylic acids is 1. The fraction of sp³-hybridized carbons (Fsp3) is 0.583. The second kappa shape index (κ2) is 9.15. The second-order valence-electron chi connectivity index (χ2n) is 3.49. The van der Waals surface area contributed by atoms with E-state index in [1.165, 1.54) is 5.56 Å². The summed E-state index contributed by atoms with van der Waals surface area (Å²) in [5.74, 6) is -0.300. The zero-order valence-corrected chi connectivity index (χ0v) is 10.9. The van der Waals surface area contributed by atoms with Crippen LogP contribution in [0, 0.1) is 0 Å². The van der Waals surface area contributed by atoms with Crippen molar-refractivity contribution in [2.24, 2.45) is 0 Å². The van der Waals surface area contributed by atoms with E-state index in [0.29, 0.717) is 13.2 Å². The van der Waals surface area contributed by atoms with Crippen LogP contribution in [0.15, 0.2) is 16.8 Å². The minimum Gasteiger partial charge on any atom is -0.464 e. The van der Waals surface area contributed by atoms with Crippen molar-refractivity contribution in [3.8, 4) is 0 Å². The van der Waals surface area contributed by atoms with Gasteiger partial charge in [-0.2, -0.15) is 11.3 Å². The average molecular weight is 257 g/mol. The largest absolute Gasteiger partial charge is 0.464 e. The lowest BCUT2D eigenvalue weighted by Gasteiger charge is -2.05. The van der Waals surface area contributed by atoms with Crippen LogP contribution < -0.4 is 5.32 Å². The first-order chi connectivity index (χ1) is 8.33. The van der Waals surface area contributed by atoms with Gasteiger partial charge in [0.15, 0.2) is 0 Å². The number of rotatable bonds is 9. The molecular weight excluding hydrogens is 238 g/mol. The smallest absolute Gasteiger partial charge is 0.332 e. The van der Waals surface area contributed by atoms with Crippen LogP contribution in [0.3, 0.4) is 0 Å². The Kier molecular flexibility index (Phi) is 7.62. The minimum absolute atomic E-state index is 0.0417. The highest BCUT2D eigenvalue weighted by Crippen LogP contribution is 2.05. The maximum absolute atomic E-state index is 10.9. The predicted molar refractivity (Wildman–Crippen MR) is 68.3 cm³/mol. The number of thiophene rings is 1. The molecule has 1 aromatic rings. The summed E-state index contributed by atoms with van der Waals surface area (Å²) in [6.45, 7) is 4.44. The molecule has 17 heavy (non-hydrogen) atoms. The first-order valence-corrected chi connectivity index (χ1v) is 6.72. The number of nitrogens with one attached hydrogen (secondary N) is 1. The van der Waals surface area contributed by atoms with Crippen LogP contribution in [0.25, 0.3) is 0 Å². The van der Waals surface area contributed by atoms with Crippen molar-refractivity contribution in [1.29, 1.82) is 0 Å². The highest BCUT2D eigenvalue weighted by Gasteiger charge is 2.00. The topological polar surface area (TPSA) is 47.6 Å². The molecule has 0 fully saturated rings. The van der Waals surface area contributed by atoms with Crippen molar-refractivity contribution < 1.29 is 14.3 Å². The monoisotopic (exact) mass is 257 g/mol. The van der Waals surface area contributed by atoms with Gasteiger partial charge in [0, 0.05) is 6.54 Å². The zero-order chi connectivity index (χ0) is 12.3. The zero-order valence-electron chi connectivity index (χ0n) is 10.1. The molecule has 0 aliphatic carbocycles. The van der Waals surface area contributed by atoms with Gasteiger partial charge in [0.1, 0.15) is 6.61 Å². The van der Waals surface area contributed by atoms with Gasteiger partial charge in [-0.1, -0.05) is 0 Å². The second-order valence-corrected chi connectivity index (χ2v) is 4.27. The summed E-state index contributed by atoms with van der Waals surface area (Å²) in [5, 5.41) is 7.49. The molecule has 1 rings (SSSR count). The molecule has 4 nitrogen and oxygen atoms in total. The number of carbonyl (C=O) groups is 1. The molecule has 0 unspecified atom stereocenters. The summed E-state index contributed by atoms with van der Waals surface area (Å²) < 4.78 is 9.89. The maximum atomic E-state index is 10.9. The molecule has 1 N–H and O–H groups in total. The van der Waals surface area contributed by atoms with Gasteiger partial charge < -0.3 is 14.8 Å². The molecule has 0 aliphatic rings. The first-order valence-electron chi connectivity index (χ1n) is 5.78. The SMILES string of the molecule is CCOC(=O)COCCNCCc1ccsc1. The van der Waals surface area contributed by atoms with E-state index in [4.69, 9.17) is 9.47 Å².